The lowest BCUT2D eigenvalue weighted by atomic mass is 10.2. The van der Waals surface area contributed by atoms with Crippen molar-refractivity contribution in [2.45, 2.75) is 10.9 Å². The molecule has 0 saturated carbocycles. The van der Waals surface area contributed by atoms with Crippen LogP contribution in [0.4, 0.5) is 14.5 Å². The molecule has 0 saturated heterocycles. The van der Waals surface area contributed by atoms with Crippen LogP contribution in [0.5, 0.6) is 0 Å². The quantitative estimate of drug-likeness (QED) is 0.691. The number of thiazole rings is 1. The van der Waals surface area contributed by atoms with Gasteiger partial charge >= 0.3 is 0 Å². The minimum Gasteiger partial charge on any atom is -0.381 e. The molecule has 0 bridgehead atoms. The van der Waals surface area contributed by atoms with E-state index in [1.54, 1.807) is 29.2 Å². The minimum atomic E-state index is -0.822. The molecule has 1 aromatic heterocycles. The van der Waals surface area contributed by atoms with E-state index in [-0.39, 0.29) is 6.54 Å². The number of nitrogens with one attached hydrogen (secondary N) is 1. The van der Waals surface area contributed by atoms with Crippen LogP contribution in [-0.4, -0.2) is 11.2 Å². The molecule has 0 aliphatic rings. The number of benzene rings is 2. The number of anilines is 1. The average molecular weight is 322 g/mol. The second-order valence-corrected chi connectivity index (χ2v) is 6.52. The first-order valence-electron chi connectivity index (χ1n) is 6.28. The molecule has 0 aliphatic carbocycles. The molecule has 6 heteroatoms. The Balaban J connectivity index is 1.80. The summed E-state index contributed by atoms with van der Waals surface area (Å²) in [7, 11) is 0. The van der Waals surface area contributed by atoms with E-state index in [9.17, 15) is 8.78 Å². The fourth-order valence-electron chi connectivity index (χ4n) is 1.98. The van der Waals surface area contributed by atoms with E-state index in [4.69, 9.17) is 0 Å². The van der Waals surface area contributed by atoms with Gasteiger partial charge in [0.15, 0.2) is 16.0 Å². The standard InChI is InChI=1S/C15H12F2N2S2/c1-20-15-19-12-6-5-10(7-13(12)21-15)18-8-9-3-2-4-11(16)14(9)17/h2-7,18H,8H2,1H3. The number of halogens is 2. The SMILES string of the molecule is CSc1nc2ccc(NCc3cccc(F)c3F)cc2s1. The first-order valence-corrected chi connectivity index (χ1v) is 8.33. The average Bonchev–Trinajstić information content (AvgIpc) is 2.91. The molecule has 0 atom stereocenters. The smallest absolute Gasteiger partial charge is 0.163 e. The van der Waals surface area contributed by atoms with E-state index < -0.39 is 11.6 Å². The molecule has 21 heavy (non-hydrogen) atoms. The molecular formula is C15H12F2N2S2. The molecule has 0 aliphatic heterocycles. The van der Waals surface area contributed by atoms with Gasteiger partial charge in [-0.15, -0.1) is 11.3 Å². The Bertz CT molecular complexity index is 786. The summed E-state index contributed by atoms with van der Waals surface area (Å²) < 4.78 is 28.8. The van der Waals surface area contributed by atoms with Gasteiger partial charge in [0, 0.05) is 17.8 Å². The third kappa shape index (κ3) is 3.01. The zero-order chi connectivity index (χ0) is 14.8. The first kappa shape index (κ1) is 14.3. The Morgan fingerprint density at radius 2 is 2.10 bits per heavy atom. The normalized spacial score (nSPS) is 11.0. The van der Waals surface area contributed by atoms with Crippen molar-refractivity contribution in [3.63, 3.8) is 0 Å². The van der Waals surface area contributed by atoms with Crippen molar-refractivity contribution in [3.8, 4) is 0 Å². The van der Waals surface area contributed by atoms with Crippen molar-refractivity contribution in [3.05, 3.63) is 53.6 Å². The maximum Gasteiger partial charge on any atom is 0.163 e. The van der Waals surface area contributed by atoms with Crippen LogP contribution in [0.25, 0.3) is 10.2 Å². The van der Waals surface area contributed by atoms with E-state index in [1.165, 1.54) is 6.07 Å². The molecule has 0 unspecified atom stereocenters. The molecular weight excluding hydrogens is 310 g/mol. The maximum absolute atomic E-state index is 13.6. The van der Waals surface area contributed by atoms with Gasteiger partial charge in [0.2, 0.25) is 0 Å². The van der Waals surface area contributed by atoms with Crippen LogP contribution >= 0.6 is 23.1 Å². The van der Waals surface area contributed by atoms with Crippen LogP contribution in [0.2, 0.25) is 0 Å². The predicted octanol–water partition coefficient (Wildman–Crippen LogP) is 4.91. The van der Waals surface area contributed by atoms with Crippen molar-refractivity contribution >= 4 is 39.0 Å². The van der Waals surface area contributed by atoms with Gasteiger partial charge in [0.25, 0.3) is 0 Å². The summed E-state index contributed by atoms with van der Waals surface area (Å²) in [5, 5.41) is 3.11. The lowest BCUT2D eigenvalue weighted by molar-refractivity contribution is 0.500. The molecule has 0 spiro atoms. The Kier molecular flexibility index (Phi) is 4.07. The number of nitrogens with zero attached hydrogens (tertiary/aromatic N) is 1. The van der Waals surface area contributed by atoms with Gasteiger partial charge in [-0.1, -0.05) is 23.9 Å². The van der Waals surface area contributed by atoms with Crippen LogP contribution < -0.4 is 5.32 Å². The number of fused-ring (bicyclic) bond motifs is 1. The van der Waals surface area contributed by atoms with Gasteiger partial charge in [0.05, 0.1) is 10.2 Å². The number of hydrogen-bond acceptors (Lipinski definition) is 4. The highest BCUT2D eigenvalue weighted by molar-refractivity contribution is 8.00. The molecule has 0 radical (unpaired) electrons. The summed E-state index contributed by atoms with van der Waals surface area (Å²) in [6.45, 7) is 0.239. The molecule has 0 fully saturated rings. The van der Waals surface area contributed by atoms with Gasteiger partial charge in [-0.25, -0.2) is 13.8 Å². The van der Waals surface area contributed by atoms with Crippen LogP contribution in [0, 0.1) is 11.6 Å². The highest BCUT2D eigenvalue weighted by Gasteiger charge is 2.08. The van der Waals surface area contributed by atoms with Gasteiger partial charge < -0.3 is 5.32 Å². The minimum absolute atomic E-state index is 0.239. The highest BCUT2D eigenvalue weighted by atomic mass is 32.2. The van der Waals surface area contributed by atoms with Crippen molar-refractivity contribution in [2.24, 2.45) is 0 Å². The summed E-state index contributed by atoms with van der Waals surface area (Å²) in [5.74, 6) is -1.62. The van der Waals surface area contributed by atoms with Gasteiger partial charge in [0.1, 0.15) is 0 Å². The topological polar surface area (TPSA) is 24.9 Å². The second kappa shape index (κ2) is 5.99. The first-order chi connectivity index (χ1) is 10.2. The molecule has 2 nitrogen and oxygen atoms in total. The lowest BCUT2D eigenvalue weighted by Crippen LogP contribution is -2.03. The largest absolute Gasteiger partial charge is 0.381 e. The van der Waals surface area contributed by atoms with Gasteiger partial charge in [-0.3, -0.25) is 0 Å². The summed E-state index contributed by atoms with van der Waals surface area (Å²) in [6.07, 6.45) is 1.99. The third-order valence-electron chi connectivity index (χ3n) is 3.06. The predicted molar refractivity (Wildman–Crippen MR) is 85.1 cm³/mol. The molecule has 0 amide bonds. The van der Waals surface area contributed by atoms with Crippen molar-refractivity contribution < 1.29 is 8.78 Å². The van der Waals surface area contributed by atoms with E-state index in [2.05, 4.69) is 10.3 Å². The summed E-state index contributed by atoms with van der Waals surface area (Å²) in [4.78, 5) is 4.46. The van der Waals surface area contributed by atoms with Crippen LogP contribution in [0.15, 0.2) is 40.7 Å². The fourth-order valence-corrected chi connectivity index (χ4v) is 3.51. The maximum atomic E-state index is 13.6. The summed E-state index contributed by atoms with van der Waals surface area (Å²) in [5.41, 5.74) is 2.12. The van der Waals surface area contributed by atoms with Crippen molar-refractivity contribution in [1.29, 1.82) is 0 Å². The molecule has 3 rings (SSSR count). The Labute approximate surface area is 129 Å². The van der Waals surface area contributed by atoms with Crippen LogP contribution in [0.1, 0.15) is 5.56 Å². The van der Waals surface area contributed by atoms with Gasteiger partial charge in [-0.2, -0.15) is 0 Å². The molecule has 1 heterocycles. The van der Waals surface area contributed by atoms with E-state index >= 15 is 0 Å². The van der Waals surface area contributed by atoms with Crippen LogP contribution in [0.3, 0.4) is 0 Å². The Morgan fingerprint density at radius 1 is 1.24 bits per heavy atom. The van der Waals surface area contributed by atoms with Crippen molar-refractivity contribution in [1.82, 2.24) is 4.98 Å². The Morgan fingerprint density at radius 3 is 2.90 bits per heavy atom. The number of rotatable bonds is 4. The molecule has 108 valence electrons. The Hall–Kier alpha value is -1.66. The van der Waals surface area contributed by atoms with E-state index in [0.29, 0.717) is 5.56 Å². The molecule has 3 aromatic rings. The van der Waals surface area contributed by atoms with Crippen molar-refractivity contribution in [2.75, 3.05) is 11.6 Å². The van der Waals surface area contributed by atoms with E-state index in [0.717, 1.165) is 26.3 Å². The highest BCUT2D eigenvalue weighted by Crippen LogP contribution is 2.30. The lowest BCUT2D eigenvalue weighted by Gasteiger charge is -2.07. The van der Waals surface area contributed by atoms with Crippen LogP contribution in [-0.2, 0) is 6.54 Å². The number of hydrogen-bond donors (Lipinski definition) is 1. The van der Waals surface area contributed by atoms with Gasteiger partial charge in [-0.05, 0) is 30.5 Å². The zero-order valence-corrected chi connectivity index (χ0v) is 12.8. The summed E-state index contributed by atoms with van der Waals surface area (Å²) in [6, 6.07) is 9.99. The number of thioether (sulfide) groups is 1. The number of aromatic nitrogens is 1. The zero-order valence-electron chi connectivity index (χ0n) is 11.2. The second-order valence-electron chi connectivity index (χ2n) is 4.43. The molecule has 1 N–H and O–H groups in total. The fraction of sp³-hybridized carbons (Fsp3) is 0.133. The van der Waals surface area contributed by atoms with E-state index in [1.807, 2.05) is 24.5 Å². The third-order valence-corrected chi connectivity index (χ3v) is 5.06. The summed E-state index contributed by atoms with van der Waals surface area (Å²) >= 11 is 3.23. The molecule has 2 aromatic carbocycles. The monoisotopic (exact) mass is 322 g/mol.